The molecular formula is C17H12BrF3N2O3S. The number of pyridine rings is 1. The second-order valence-corrected chi connectivity index (χ2v) is 8.29. The van der Waals surface area contributed by atoms with Gasteiger partial charge in [0.25, 0.3) is 0 Å². The van der Waals surface area contributed by atoms with Crippen molar-refractivity contribution in [3.05, 3.63) is 74.5 Å². The van der Waals surface area contributed by atoms with E-state index in [4.69, 9.17) is 0 Å². The van der Waals surface area contributed by atoms with Gasteiger partial charge in [-0.15, -0.1) is 0 Å². The number of nitrogens with one attached hydrogen (secondary N) is 2. The maximum absolute atomic E-state index is 13.2. The molecule has 5 nitrogen and oxygen atoms in total. The van der Waals surface area contributed by atoms with Crippen molar-refractivity contribution in [3.63, 3.8) is 0 Å². The number of aromatic amines is 1. The fraction of sp³-hybridized carbons (Fsp3) is 0.118. The van der Waals surface area contributed by atoms with Crippen LogP contribution in [-0.2, 0) is 22.7 Å². The van der Waals surface area contributed by atoms with Crippen molar-refractivity contribution >= 4 is 36.9 Å². The lowest BCUT2D eigenvalue weighted by Gasteiger charge is -2.12. The summed E-state index contributed by atoms with van der Waals surface area (Å²) in [5, 5.41) is -0.397. The Morgan fingerprint density at radius 1 is 1.07 bits per heavy atom. The number of sulfonamides is 1. The van der Waals surface area contributed by atoms with E-state index in [0.717, 1.165) is 18.2 Å². The summed E-state index contributed by atoms with van der Waals surface area (Å²) in [7, 11) is -4.07. The predicted molar refractivity (Wildman–Crippen MR) is 97.7 cm³/mol. The van der Waals surface area contributed by atoms with Gasteiger partial charge in [0.2, 0.25) is 15.6 Å². The number of hydrogen-bond donors (Lipinski definition) is 2. The number of halogens is 4. The summed E-state index contributed by atoms with van der Waals surface area (Å²) in [6.07, 6.45) is -4.79. The molecule has 2 aromatic carbocycles. The summed E-state index contributed by atoms with van der Waals surface area (Å²) in [6, 6.07) is 10.5. The first-order valence-corrected chi connectivity index (χ1v) is 9.83. The zero-order chi connectivity index (χ0) is 19.8. The highest BCUT2D eigenvalue weighted by Crippen LogP contribution is 2.34. The van der Waals surface area contributed by atoms with Gasteiger partial charge in [-0.2, -0.15) is 13.2 Å². The number of aromatic nitrogens is 1. The number of alkyl halides is 3. The van der Waals surface area contributed by atoms with Crippen molar-refractivity contribution in [2.75, 3.05) is 0 Å². The SMILES string of the molecule is O=c1cc(C(F)(F)F)c2cc(S(=O)(=O)NCc3ccccc3Br)ccc2[nH]1. The van der Waals surface area contributed by atoms with Gasteiger partial charge in [-0.05, 0) is 29.8 Å². The van der Waals surface area contributed by atoms with Crippen molar-refractivity contribution in [3.8, 4) is 0 Å². The zero-order valence-electron chi connectivity index (χ0n) is 13.5. The molecular weight excluding hydrogens is 449 g/mol. The molecule has 0 bridgehead atoms. The molecule has 0 aliphatic rings. The first-order chi connectivity index (χ1) is 12.6. The number of benzene rings is 2. The molecule has 0 saturated carbocycles. The summed E-state index contributed by atoms with van der Waals surface area (Å²) in [6.45, 7) is -0.0421. The van der Waals surface area contributed by atoms with Gasteiger partial charge < -0.3 is 4.98 Å². The predicted octanol–water partition coefficient (Wildman–Crippen LogP) is 3.79. The molecule has 1 heterocycles. The highest BCUT2D eigenvalue weighted by Gasteiger charge is 2.33. The average molecular weight is 461 g/mol. The van der Waals surface area contributed by atoms with Crippen molar-refractivity contribution in [1.29, 1.82) is 0 Å². The molecule has 142 valence electrons. The molecule has 0 spiro atoms. The Morgan fingerprint density at radius 3 is 2.44 bits per heavy atom. The Morgan fingerprint density at radius 2 is 1.78 bits per heavy atom. The first-order valence-electron chi connectivity index (χ1n) is 7.55. The third-order valence-electron chi connectivity index (χ3n) is 3.84. The average Bonchev–Trinajstić information content (AvgIpc) is 2.59. The summed E-state index contributed by atoms with van der Waals surface area (Å²) < 4.78 is 67.7. The highest BCUT2D eigenvalue weighted by atomic mass is 79.9. The highest BCUT2D eigenvalue weighted by molar-refractivity contribution is 9.10. The lowest BCUT2D eigenvalue weighted by atomic mass is 10.1. The fourth-order valence-electron chi connectivity index (χ4n) is 2.53. The van der Waals surface area contributed by atoms with Crippen LogP contribution < -0.4 is 10.3 Å². The Labute approximate surface area is 160 Å². The topological polar surface area (TPSA) is 79.0 Å². The van der Waals surface area contributed by atoms with Gasteiger partial charge in [0.15, 0.2) is 0 Å². The third-order valence-corrected chi connectivity index (χ3v) is 6.01. The Kier molecular flexibility index (Phi) is 5.15. The van der Waals surface area contributed by atoms with Crippen LogP contribution in [-0.4, -0.2) is 13.4 Å². The van der Waals surface area contributed by atoms with E-state index >= 15 is 0 Å². The van der Waals surface area contributed by atoms with Crippen LogP contribution in [0.25, 0.3) is 10.9 Å². The van der Waals surface area contributed by atoms with E-state index < -0.39 is 32.7 Å². The Bertz CT molecular complexity index is 1170. The van der Waals surface area contributed by atoms with Crippen LogP contribution in [0.1, 0.15) is 11.1 Å². The molecule has 10 heteroatoms. The molecule has 0 atom stereocenters. The number of hydrogen-bond acceptors (Lipinski definition) is 3. The molecule has 0 aliphatic heterocycles. The molecule has 2 N–H and O–H groups in total. The minimum absolute atomic E-state index is 0.0421. The monoisotopic (exact) mass is 460 g/mol. The summed E-state index contributed by atoms with van der Waals surface area (Å²) in [4.78, 5) is 13.4. The van der Waals surface area contributed by atoms with E-state index in [9.17, 15) is 26.4 Å². The Balaban J connectivity index is 2.02. The zero-order valence-corrected chi connectivity index (χ0v) is 15.9. The largest absolute Gasteiger partial charge is 0.417 e. The molecule has 0 unspecified atom stereocenters. The van der Waals surface area contributed by atoms with Crippen LogP contribution in [0.2, 0.25) is 0 Å². The Hall–Kier alpha value is -2.17. The van der Waals surface area contributed by atoms with Crippen molar-refractivity contribution in [2.24, 2.45) is 0 Å². The van der Waals surface area contributed by atoms with E-state index in [0.29, 0.717) is 16.1 Å². The number of rotatable bonds is 4. The molecule has 1 aromatic heterocycles. The van der Waals surface area contributed by atoms with Crippen LogP contribution >= 0.6 is 15.9 Å². The van der Waals surface area contributed by atoms with Gasteiger partial charge in [-0.1, -0.05) is 34.1 Å². The second-order valence-electron chi connectivity index (χ2n) is 5.67. The van der Waals surface area contributed by atoms with E-state index in [1.807, 2.05) is 0 Å². The molecule has 0 aliphatic carbocycles. The molecule has 3 aromatic rings. The molecule has 0 saturated heterocycles. The van der Waals surface area contributed by atoms with Crippen molar-refractivity contribution in [2.45, 2.75) is 17.6 Å². The van der Waals surface area contributed by atoms with Crippen LogP contribution in [0.5, 0.6) is 0 Å². The standard InChI is InChI=1S/C17H12BrF3N2O3S/c18-14-4-2-1-3-10(14)9-22-27(25,26)11-5-6-15-12(7-11)13(17(19,20)21)8-16(24)23-15/h1-8,22H,9H2,(H,23,24). The van der Waals surface area contributed by atoms with Crippen LogP contribution in [0, 0.1) is 0 Å². The molecule has 0 amide bonds. The minimum atomic E-state index is -4.79. The van der Waals surface area contributed by atoms with Gasteiger partial charge in [0, 0.05) is 28.0 Å². The third kappa shape index (κ3) is 4.23. The van der Waals surface area contributed by atoms with Gasteiger partial charge in [0.05, 0.1) is 10.5 Å². The van der Waals surface area contributed by atoms with Crippen molar-refractivity contribution < 1.29 is 21.6 Å². The van der Waals surface area contributed by atoms with Gasteiger partial charge in [-0.25, -0.2) is 13.1 Å². The molecule has 0 radical (unpaired) electrons. The summed E-state index contributed by atoms with van der Waals surface area (Å²) in [5.41, 5.74) is -1.54. The summed E-state index contributed by atoms with van der Waals surface area (Å²) in [5.74, 6) is 0. The quantitative estimate of drug-likeness (QED) is 0.621. The second kappa shape index (κ2) is 7.10. The van der Waals surface area contributed by atoms with E-state index in [1.165, 1.54) is 0 Å². The van der Waals surface area contributed by atoms with Gasteiger partial charge >= 0.3 is 6.18 Å². The molecule has 27 heavy (non-hydrogen) atoms. The maximum atomic E-state index is 13.2. The first kappa shape index (κ1) is 19.6. The number of fused-ring (bicyclic) bond motifs is 1. The van der Waals surface area contributed by atoms with Crippen LogP contribution in [0.3, 0.4) is 0 Å². The minimum Gasteiger partial charge on any atom is -0.322 e. The lowest BCUT2D eigenvalue weighted by molar-refractivity contribution is -0.136. The maximum Gasteiger partial charge on any atom is 0.417 e. The fourth-order valence-corrected chi connectivity index (χ4v) is 3.99. The normalized spacial score (nSPS) is 12.4. The van der Waals surface area contributed by atoms with E-state index in [2.05, 4.69) is 25.6 Å². The smallest absolute Gasteiger partial charge is 0.322 e. The van der Waals surface area contributed by atoms with Gasteiger partial charge in [0.1, 0.15) is 0 Å². The van der Waals surface area contributed by atoms with Crippen LogP contribution in [0.15, 0.2) is 62.7 Å². The van der Waals surface area contributed by atoms with Crippen molar-refractivity contribution in [1.82, 2.24) is 9.71 Å². The molecule has 3 rings (SSSR count). The lowest BCUT2D eigenvalue weighted by Crippen LogP contribution is -2.23. The van der Waals surface area contributed by atoms with E-state index in [-0.39, 0.29) is 17.0 Å². The van der Waals surface area contributed by atoms with E-state index in [1.54, 1.807) is 24.3 Å². The summed E-state index contributed by atoms with van der Waals surface area (Å²) >= 11 is 3.30. The molecule has 0 fully saturated rings. The number of H-pyrrole nitrogens is 1. The van der Waals surface area contributed by atoms with Gasteiger partial charge in [-0.3, -0.25) is 4.79 Å². The van der Waals surface area contributed by atoms with Crippen LogP contribution in [0.4, 0.5) is 13.2 Å².